The van der Waals surface area contributed by atoms with Crippen LogP contribution < -0.4 is 20.3 Å². The van der Waals surface area contributed by atoms with Crippen LogP contribution in [0.15, 0.2) is 41.1 Å². The van der Waals surface area contributed by atoms with E-state index in [1.54, 1.807) is 0 Å². The van der Waals surface area contributed by atoms with Crippen LogP contribution in [0.5, 0.6) is 5.75 Å². The summed E-state index contributed by atoms with van der Waals surface area (Å²) >= 11 is 0. The molecule has 2 aliphatic heterocycles. The van der Waals surface area contributed by atoms with Crippen LogP contribution in [-0.4, -0.2) is 95.3 Å². The average molecular weight is 604 g/mol. The van der Waals surface area contributed by atoms with E-state index in [2.05, 4.69) is 49.4 Å². The first-order chi connectivity index (χ1) is 21.4. The number of rotatable bonds is 12. The van der Waals surface area contributed by atoms with Gasteiger partial charge >= 0.3 is 0 Å². The number of hydrogen-bond donors (Lipinski definition) is 3. The van der Waals surface area contributed by atoms with Gasteiger partial charge in [-0.1, -0.05) is 13.0 Å². The number of benzene rings is 1. The number of aliphatic hydroxyl groups excluding tert-OH is 1. The van der Waals surface area contributed by atoms with Gasteiger partial charge in [0.05, 0.1) is 11.8 Å². The molecule has 6 rings (SSSR count). The molecule has 11 heteroatoms. The van der Waals surface area contributed by atoms with Gasteiger partial charge < -0.3 is 34.7 Å². The summed E-state index contributed by atoms with van der Waals surface area (Å²) in [6.45, 7) is 11.5. The average Bonchev–Trinajstić information content (AvgIpc) is 3.44. The van der Waals surface area contributed by atoms with Crippen molar-refractivity contribution < 1.29 is 19.1 Å². The second-order valence-electron chi connectivity index (χ2n) is 12.2. The number of nitrogens with one attached hydrogen (secondary N) is 2. The Morgan fingerprint density at radius 2 is 1.95 bits per heavy atom. The lowest BCUT2D eigenvalue weighted by atomic mass is 9.93. The maximum atomic E-state index is 13.3. The lowest BCUT2D eigenvalue weighted by molar-refractivity contribution is 0.0841. The van der Waals surface area contributed by atoms with Crippen molar-refractivity contribution in [3.05, 3.63) is 64.9 Å². The number of hydrogen-bond acceptors (Lipinski definition) is 10. The van der Waals surface area contributed by atoms with E-state index in [0.29, 0.717) is 24.8 Å². The SMILES string of the molecule is CCN1CCN(c2cc(C(=O)NC[C@H](O)CN3CCc4cc(OCc5ocnc5C)ccc4C3)cc(NC3CCC3)n2)CC1. The lowest BCUT2D eigenvalue weighted by Crippen LogP contribution is -2.46. The van der Waals surface area contributed by atoms with Gasteiger partial charge in [-0.2, -0.15) is 0 Å². The number of amides is 1. The molecule has 2 fully saturated rings. The molecule has 1 saturated heterocycles. The standard InChI is InChI=1S/C33H45N7O4/c1-3-38-11-13-40(14-12-38)32-17-26(16-31(37-32)36-27-5-4-6-27)33(42)34-18-28(41)20-39-10-9-24-15-29(8-7-25(24)19-39)43-21-30-23(2)35-22-44-30/h7-8,15-17,22,27-28,41H,3-6,9-14,18-21H2,1-2H3,(H,34,42)(H,36,37)/t28-/m0/s1. The number of carbonyl (C=O) groups excluding carboxylic acids is 1. The maximum absolute atomic E-state index is 13.3. The molecule has 1 saturated carbocycles. The molecule has 3 aliphatic rings. The first-order valence-electron chi connectivity index (χ1n) is 16.0. The number of carbonyl (C=O) groups is 1. The fourth-order valence-electron chi connectivity index (χ4n) is 6.06. The highest BCUT2D eigenvalue weighted by Gasteiger charge is 2.23. The summed E-state index contributed by atoms with van der Waals surface area (Å²) in [5.41, 5.74) is 3.90. The highest BCUT2D eigenvalue weighted by Crippen LogP contribution is 2.27. The quantitative estimate of drug-likeness (QED) is 0.285. The number of aromatic nitrogens is 2. The van der Waals surface area contributed by atoms with Gasteiger partial charge in [-0.15, -0.1) is 0 Å². The second-order valence-corrected chi connectivity index (χ2v) is 12.2. The summed E-state index contributed by atoms with van der Waals surface area (Å²) in [5, 5.41) is 17.4. The van der Waals surface area contributed by atoms with Crippen molar-refractivity contribution in [2.24, 2.45) is 0 Å². The second kappa shape index (κ2) is 14.0. The fraction of sp³-hybridized carbons (Fsp3) is 0.545. The summed E-state index contributed by atoms with van der Waals surface area (Å²) in [6.07, 6.45) is 5.12. The van der Waals surface area contributed by atoms with Gasteiger partial charge in [0.15, 0.2) is 12.2 Å². The Morgan fingerprint density at radius 1 is 1.11 bits per heavy atom. The monoisotopic (exact) mass is 603 g/mol. The number of aryl methyl sites for hydroxylation is 1. The molecule has 44 heavy (non-hydrogen) atoms. The van der Waals surface area contributed by atoms with Crippen LogP contribution in [0.4, 0.5) is 11.6 Å². The number of aliphatic hydroxyl groups is 1. The fourth-order valence-corrected chi connectivity index (χ4v) is 6.06. The van der Waals surface area contributed by atoms with Crippen molar-refractivity contribution in [2.75, 3.05) is 62.6 Å². The van der Waals surface area contributed by atoms with Crippen LogP contribution in [0.25, 0.3) is 0 Å². The van der Waals surface area contributed by atoms with Gasteiger partial charge in [0.2, 0.25) is 0 Å². The van der Waals surface area contributed by atoms with Crippen LogP contribution in [0, 0.1) is 6.92 Å². The molecule has 1 aliphatic carbocycles. The van der Waals surface area contributed by atoms with Crippen LogP contribution in [0.3, 0.4) is 0 Å². The molecule has 1 atom stereocenters. The molecule has 3 N–H and O–H groups in total. The topological polar surface area (TPSA) is 119 Å². The first kappa shape index (κ1) is 30.4. The summed E-state index contributed by atoms with van der Waals surface area (Å²) in [4.78, 5) is 29.2. The minimum atomic E-state index is -0.677. The molecule has 0 unspecified atom stereocenters. The minimum Gasteiger partial charge on any atom is -0.486 e. The molecule has 3 aromatic rings. The van der Waals surface area contributed by atoms with E-state index in [-0.39, 0.29) is 12.5 Å². The van der Waals surface area contributed by atoms with Crippen LogP contribution >= 0.6 is 0 Å². The predicted octanol–water partition coefficient (Wildman–Crippen LogP) is 3.21. The van der Waals surface area contributed by atoms with Gasteiger partial charge in [-0.05, 0) is 74.5 Å². The number of likely N-dealkylation sites (N-methyl/N-ethyl adjacent to an activating group) is 1. The molecule has 0 spiro atoms. The summed E-state index contributed by atoms with van der Waals surface area (Å²) < 4.78 is 11.3. The Morgan fingerprint density at radius 3 is 2.68 bits per heavy atom. The van der Waals surface area contributed by atoms with E-state index in [9.17, 15) is 9.90 Å². The Bertz CT molecular complexity index is 1420. The Labute approximate surface area is 259 Å². The van der Waals surface area contributed by atoms with E-state index < -0.39 is 6.10 Å². The van der Waals surface area contributed by atoms with E-state index in [1.165, 1.54) is 23.9 Å². The van der Waals surface area contributed by atoms with Crippen molar-refractivity contribution in [1.82, 2.24) is 25.1 Å². The van der Waals surface area contributed by atoms with Crippen molar-refractivity contribution in [1.29, 1.82) is 0 Å². The third-order valence-electron chi connectivity index (χ3n) is 9.13. The maximum Gasteiger partial charge on any atom is 0.251 e. The van der Waals surface area contributed by atoms with Gasteiger partial charge in [0, 0.05) is 64.0 Å². The van der Waals surface area contributed by atoms with Gasteiger partial charge in [0.25, 0.3) is 5.91 Å². The highest BCUT2D eigenvalue weighted by atomic mass is 16.5. The summed E-state index contributed by atoms with van der Waals surface area (Å²) in [6, 6.07) is 10.3. The molecule has 2 aromatic heterocycles. The minimum absolute atomic E-state index is 0.186. The Balaban J connectivity index is 1.01. The van der Waals surface area contributed by atoms with Crippen LogP contribution in [0.1, 0.15) is 59.1 Å². The highest BCUT2D eigenvalue weighted by molar-refractivity contribution is 5.95. The number of nitrogens with zero attached hydrogens (tertiary/aromatic N) is 5. The van der Waals surface area contributed by atoms with Crippen molar-refractivity contribution in [3.63, 3.8) is 0 Å². The van der Waals surface area contributed by atoms with Gasteiger partial charge in [0.1, 0.15) is 24.0 Å². The van der Waals surface area contributed by atoms with E-state index in [4.69, 9.17) is 14.1 Å². The number of β-amino-alcohol motifs (C(OH)–C–C–N with tert-alkyl or cyclic N) is 1. The number of anilines is 2. The Kier molecular flexibility index (Phi) is 9.63. The molecule has 4 heterocycles. The lowest BCUT2D eigenvalue weighted by Gasteiger charge is -2.35. The zero-order valence-electron chi connectivity index (χ0n) is 25.9. The zero-order chi connectivity index (χ0) is 30.5. The van der Waals surface area contributed by atoms with E-state index >= 15 is 0 Å². The smallest absolute Gasteiger partial charge is 0.251 e. The number of fused-ring (bicyclic) bond motifs is 1. The van der Waals surface area contributed by atoms with Gasteiger partial charge in [-0.25, -0.2) is 9.97 Å². The van der Waals surface area contributed by atoms with Crippen molar-refractivity contribution in [2.45, 2.75) is 64.8 Å². The Hall–Kier alpha value is -3.67. The molecule has 236 valence electrons. The first-order valence-corrected chi connectivity index (χ1v) is 16.0. The zero-order valence-corrected chi connectivity index (χ0v) is 25.9. The largest absolute Gasteiger partial charge is 0.486 e. The van der Waals surface area contributed by atoms with E-state index in [1.807, 2.05) is 25.1 Å². The molecular formula is C33H45N7O4. The number of piperazine rings is 1. The molecule has 1 amide bonds. The van der Waals surface area contributed by atoms with Crippen LogP contribution in [-0.2, 0) is 19.6 Å². The van der Waals surface area contributed by atoms with Crippen LogP contribution in [0.2, 0.25) is 0 Å². The summed E-state index contributed by atoms with van der Waals surface area (Å²) in [7, 11) is 0. The molecule has 11 nitrogen and oxygen atoms in total. The summed E-state index contributed by atoms with van der Waals surface area (Å²) in [5.74, 6) is 2.95. The molecular weight excluding hydrogens is 558 g/mol. The normalized spacial score (nSPS) is 18.4. The molecule has 0 radical (unpaired) electrons. The predicted molar refractivity (Wildman–Crippen MR) is 169 cm³/mol. The van der Waals surface area contributed by atoms with Crippen molar-refractivity contribution >= 4 is 17.5 Å². The number of pyridine rings is 1. The molecule has 1 aromatic carbocycles. The third-order valence-corrected chi connectivity index (χ3v) is 9.13. The molecule has 0 bridgehead atoms. The van der Waals surface area contributed by atoms with E-state index in [0.717, 1.165) is 93.9 Å². The number of oxazole rings is 1. The van der Waals surface area contributed by atoms with Crippen molar-refractivity contribution in [3.8, 4) is 5.75 Å². The third kappa shape index (κ3) is 7.51. The number of ether oxygens (including phenoxy) is 1. The van der Waals surface area contributed by atoms with Gasteiger partial charge in [-0.3, -0.25) is 9.69 Å².